The zero-order valence-corrected chi connectivity index (χ0v) is 15.8. The fourth-order valence-corrected chi connectivity index (χ4v) is 6.53. The van der Waals surface area contributed by atoms with Crippen LogP contribution in [0.3, 0.4) is 0 Å². The molecule has 5 aliphatic rings. The summed E-state index contributed by atoms with van der Waals surface area (Å²) in [7, 11) is 0. The van der Waals surface area contributed by atoms with E-state index in [-0.39, 0.29) is 23.3 Å². The van der Waals surface area contributed by atoms with Crippen LogP contribution in [0.5, 0.6) is 0 Å². The van der Waals surface area contributed by atoms with Crippen molar-refractivity contribution in [1.29, 1.82) is 0 Å². The van der Waals surface area contributed by atoms with Crippen LogP contribution in [0.4, 0.5) is 0 Å². The first-order chi connectivity index (χ1) is 11.9. The van der Waals surface area contributed by atoms with Crippen molar-refractivity contribution in [3.8, 4) is 0 Å². The van der Waals surface area contributed by atoms with Gasteiger partial charge in [-0.2, -0.15) is 0 Å². The monoisotopic (exact) mass is 347 g/mol. The first kappa shape index (κ1) is 17.4. The lowest BCUT2D eigenvalue weighted by molar-refractivity contribution is -0.178. The SMILES string of the molecule is C[C@@H](OC(=O)C12CC3CC(CC(C3)C1)C2)C(=O)N[C@@H]1CCCC[C@@H]1C. The van der Waals surface area contributed by atoms with E-state index >= 15 is 0 Å². The molecule has 1 amide bonds. The molecular formula is C21H33NO3. The van der Waals surface area contributed by atoms with E-state index in [1.165, 1.54) is 38.5 Å². The normalized spacial score (nSPS) is 43.5. The van der Waals surface area contributed by atoms with Crippen molar-refractivity contribution in [3.05, 3.63) is 0 Å². The van der Waals surface area contributed by atoms with Gasteiger partial charge in [-0.3, -0.25) is 9.59 Å². The lowest BCUT2D eigenvalue weighted by Crippen LogP contribution is -2.52. The Hall–Kier alpha value is -1.06. The molecule has 5 aliphatic carbocycles. The van der Waals surface area contributed by atoms with Crippen molar-refractivity contribution >= 4 is 11.9 Å². The van der Waals surface area contributed by atoms with Gasteiger partial charge in [0.1, 0.15) is 0 Å². The molecule has 1 N–H and O–H groups in total. The van der Waals surface area contributed by atoms with Gasteiger partial charge in [-0.15, -0.1) is 0 Å². The molecule has 4 heteroatoms. The van der Waals surface area contributed by atoms with Crippen molar-refractivity contribution in [2.24, 2.45) is 29.1 Å². The van der Waals surface area contributed by atoms with Crippen molar-refractivity contribution in [2.45, 2.75) is 90.2 Å². The van der Waals surface area contributed by atoms with Crippen LogP contribution in [0.2, 0.25) is 0 Å². The molecular weight excluding hydrogens is 314 g/mol. The van der Waals surface area contributed by atoms with Crippen LogP contribution >= 0.6 is 0 Å². The largest absolute Gasteiger partial charge is 0.452 e. The third-order valence-corrected chi connectivity index (χ3v) is 7.56. The summed E-state index contributed by atoms with van der Waals surface area (Å²) in [6.45, 7) is 3.94. The first-order valence-corrected chi connectivity index (χ1v) is 10.5. The summed E-state index contributed by atoms with van der Waals surface area (Å²) < 4.78 is 5.72. The van der Waals surface area contributed by atoms with E-state index in [0.717, 1.165) is 25.7 Å². The van der Waals surface area contributed by atoms with Crippen molar-refractivity contribution in [3.63, 3.8) is 0 Å². The molecule has 3 atom stereocenters. The molecule has 140 valence electrons. The van der Waals surface area contributed by atoms with Crippen LogP contribution in [0.15, 0.2) is 0 Å². The second-order valence-electron chi connectivity index (χ2n) is 9.62. The molecule has 0 aromatic heterocycles. The number of carbonyl (C=O) groups is 2. The van der Waals surface area contributed by atoms with Gasteiger partial charge in [-0.25, -0.2) is 0 Å². The van der Waals surface area contributed by atoms with E-state index in [0.29, 0.717) is 23.7 Å². The molecule has 25 heavy (non-hydrogen) atoms. The van der Waals surface area contributed by atoms with E-state index in [2.05, 4.69) is 12.2 Å². The Kier molecular flexibility index (Phi) is 4.57. The summed E-state index contributed by atoms with van der Waals surface area (Å²) in [5.74, 6) is 2.45. The van der Waals surface area contributed by atoms with Gasteiger partial charge in [0.2, 0.25) is 0 Å². The highest BCUT2D eigenvalue weighted by Gasteiger charge is 2.55. The van der Waals surface area contributed by atoms with Gasteiger partial charge < -0.3 is 10.1 Å². The van der Waals surface area contributed by atoms with Gasteiger partial charge in [-0.1, -0.05) is 19.8 Å². The highest BCUT2D eigenvalue weighted by molar-refractivity contribution is 5.85. The molecule has 4 nitrogen and oxygen atoms in total. The second kappa shape index (κ2) is 6.59. The number of amides is 1. The summed E-state index contributed by atoms with van der Waals surface area (Å²) >= 11 is 0. The molecule has 5 saturated carbocycles. The molecule has 4 bridgehead atoms. The van der Waals surface area contributed by atoms with E-state index < -0.39 is 6.10 Å². The Labute approximate surface area is 151 Å². The summed E-state index contributed by atoms with van der Waals surface area (Å²) in [4.78, 5) is 25.5. The minimum atomic E-state index is -0.672. The van der Waals surface area contributed by atoms with Crippen molar-refractivity contribution in [2.75, 3.05) is 0 Å². The molecule has 0 aromatic carbocycles. The zero-order valence-electron chi connectivity index (χ0n) is 15.8. The predicted octanol–water partition coefficient (Wildman–Crippen LogP) is 3.83. The maximum absolute atomic E-state index is 13.0. The minimum absolute atomic E-state index is 0.0917. The number of rotatable bonds is 4. The van der Waals surface area contributed by atoms with Crippen molar-refractivity contribution in [1.82, 2.24) is 5.32 Å². The van der Waals surface area contributed by atoms with Crippen LogP contribution in [0.1, 0.15) is 78.1 Å². The summed E-state index contributed by atoms with van der Waals surface area (Å²) in [6.07, 6.45) is 10.9. The highest BCUT2D eigenvalue weighted by Crippen LogP contribution is 2.60. The van der Waals surface area contributed by atoms with Crippen LogP contribution in [-0.2, 0) is 14.3 Å². The number of esters is 1. The molecule has 0 spiro atoms. The van der Waals surface area contributed by atoms with Crippen LogP contribution in [0, 0.1) is 29.1 Å². The van der Waals surface area contributed by atoms with Crippen LogP contribution < -0.4 is 5.32 Å². The Balaban J connectivity index is 1.35. The maximum Gasteiger partial charge on any atom is 0.312 e. The molecule has 0 saturated heterocycles. The Morgan fingerprint density at radius 3 is 2.12 bits per heavy atom. The number of hydrogen-bond acceptors (Lipinski definition) is 3. The summed E-state index contributed by atoms with van der Waals surface area (Å²) in [5, 5.41) is 3.13. The molecule has 0 aromatic rings. The first-order valence-electron chi connectivity index (χ1n) is 10.5. The Morgan fingerprint density at radius 2 is 1.56 bits per heavy atom. The summed E-state index contributed by atoms with van der Waals surface area (Å²) in [6, 6.07) is 0.238. The molecule has 5 rings (SSSR count). The Bertz CT molecular complexity index is 508. The quantitative estimate of drug-likeness (QED) is 0.786. The zero-order chi connectivity index (χ0) is 17.6. The van der Waals surface area contributed by atoms with Crippen LogP contribution in [-0.4, -0.2) is 24.0 Å². The third-order valence-electron chi connectivity index (χ3n) is 7.56. The van der Waals surface area contributed by atoms with Gasteiger partial charge in [-0.05, 0) is 82.0 Å². The van der Waals surface area contributed by atoms with Gasteiger partial charge >= 0.3 is 5.97 Å². The Morgan fingerprint density at radius 1 is 1.00 bits per heavy atom. The standard InChI is InChI=1S/C21H33NO3/c1-13-5-3-4-6-18(13)22-19(23)14(2)25-20(24)21-10-15-7-16(11-21)9-17(8-15)12-21/h13-18H,3-12H2,1-2H3,(H,22,23)/t13-,14+,15?,16?,17?,18+,21?/m0/s1. The van der Waals surface area contributed by atoms with Gasteiger partial charge in [0.25, 0.3) is 5.91 Å². The molecule has 0 aliphatic heterocycles. The number of nitrogens with one attached hydrogen (secondary N) is 1. The molecule has 0 radical (unpaired) electrons. The fourth-order valence-electron chi connectivity index (χ4n) is 6.53. The van der Waals surface area contributed by atoms with Crippen LogP contribution in [0.25, 0.3) is 0 Å². The molecule has 0 heterocycles. The van der Waals surface area contributed by atoms with E-state index in [9.17, 15) is 9.59 Å². The topological polar surface area (TPSA) is 55.4 Å². The number of ether oxygens (including phenoxy) is 1. The highest BCUT2D eigenvalue weighted by atomic mass is 16.5. The molecule has 0 unspecified atom stereocenters. The lowest BCUT2D eigenvalue weighted by Gasteiger charge is -2.55. The van der Waals surface area contributed by atoms with E-state index in [1.54, 1.807) is 6.92 Å². The number of hydrogen-bond donors (Lipinski definition) is 1. The average molecular weight is 347 g/mol. The summed E-state index contributed by atoms with van der Waals surface area (Å²) in [5.41, 5.74) is -0.276. The predicted molar refractivity (Wildman–Crippen MR) is 95.7 cm³/mol. The van der Waals surface area contributed by atoms with Gasteiger partial charge in [0.05, 0.1) is 5.41 Å². The van der Waals surface area contributed by atoms with Gasteiger partial charge in [0, 0.05) is 6.04 Å². The average Bonchev–Trinajstić information content (AvgIpc) is 2.55. The third kappa shape index (κ3) is 3.33. The van der Waals surface area contributed by atoms with E-state index in [4.69, 9.17) is 4.74 Å². The smallest absolute Gasteiger partial charge is 0.312 e. The fraction of sp³-hybridized carbons (Fsp3) is 0.905. The number of carbonyl (C=O) groups excluding carboxylic acids is 2. The minimum Gasteiger partial charge on any atom is -0.452 e. The van der Waals surface area contributed by atoms with Gasteiger partial charge in [0.15, 0.2) is 6.10 Å². The van der Waals surface area contributed by atoms with Crippen molar-refractivity contribution < 1.29 is 14.3 Å². The lowest BCUT2D eigenvalue weighted by atomic mass is 9.49. The van der Waals surface area contributed by atoms with E-state index in [1.807, 2.05) is 0 Å². The second-order valence-corrected chi connectivity index (χ2v) is 9.62. The molecule has 5 fully saturated rings. The maximum atomic E-state index is 13.0.